The van der Waals surface area contributed by atoms with Gasteiger partial charge in [-0.2, -0.15) is 0 Å². The number of aliphatic carboxylic acids is 1. The summed E-state index contributed by atoms with van der Waals surface area (Å²) in [5.74, 6) is -2.06. The molecule has 0 fully saturated rings. The van der Waals surface area contributed by atoms with Crippen molar-refractivity contribution in [3.8, 4) is 0 Å². The molecule has 1 atom stereocenters. The molecule has 6 nitrogen and oxygen atoms in total. The van der Waals surface area contributed by atoms with Crippen LogP contribution >= 0.6 is 23.2 Å². The first-order valence-electron chi connectivity index (χ1n) is 6.95. The Labute approximate surface area is 144 Å². The highest BCUT2D eigenvalue weighted by Gasteiger charge is 2.20. The molecule has 3 N–H and O–H groups in total. The average Bonchev–Trinajstić information content (AvgIpc) is 2.46. The maximum atomic E-state index is 12.0. The Hall–Kier alpha value is -1.79. The summed E-state index contributed by atoms with van der Waals surface area (Å²) >= 11 is 11.7. The van der Waals surface area contributed by atoms with E-state index in [1.807, 2.05) is 0 Å². The van der Waals surface area contributed by atoms with Gasteiger partial charge < -0.3 is 15.7 Å². The van der Waals surface area contributed by atoms with E-state index in [2.05, 4.69) is 10.6 Å². The molecule has 0 bridgehead atoms. The van der Waals surface area contributed by atoms with Crippen LogP contribution in [-0.2, 0) is 9.59 Å². The molecule has 0 aliphatic heterocycles. The third-order valence-corrected chi connectivity index (χ3v) is 3.69. The van der Waals surface area contributed by atoms with Gasteiger partial charge in [-0.25, -0.2) is 0 Å². The van der Waals surface area contributed by atoms with E-state index in [1.165, 1.54) is 12.1 Å². The number of carboxylic acid groups (broad SMARTS) is 1. The van der Waals surface area contributed by atoms with E-state index in [1.54, 1.807) is 19.9 Å². The van der Waals surface area contributed by atoms with E-state index >= 15 is 0 Å². The van der Waals surface area contributed by atoms with Gasteiger partial charge in [0.1, 0.15) is 0 Å². The summed E-state index contributed by atoms with van der Waals surface area (Å²) in [4.78, 5) is 34.6. The highest BCUT2D eigenvalue weighted by molar-refractivity contribution is 6.35. The van der Waals surface area contributed by atoms with Crippen LogP contribution in [0, 0.1) is 5.92 Å². The van der Waals surface area contributed by atoms with Crippen LogP contribution in [0.4, 0.5) is 0 Å². The van der Waals surface area contributed by atoms with Crippen molar-refractivity contribution in [3.63, 3.8) is 0 Å². The van der Waals surface area contributed by atoms with Crippen molar-refractivity contribution in [3.05, 3.63) is 33.8 Å². The first kappa shape index (κ1) is 19.3. The largest absolute Gasteiger partial charge is 0.481 e. The molecule has 0 aliphatic rings. The van der Waals surface area contributed by atoms with Gasteiger partial charge in [0.2, 0.25) is 5.91 Å². The van der Waals surface area contributed by atoms with Crippen LogP contribution in [0.5, 0.6) is 0 Å². The van der Waals surface area contributed by atoms with Crippen molar-refractivity contribution in [1.29, 1.82) is 0 Å². The van der Waals surface area contributed by atoms with Gasteiger partial charge in [-0.3, -0.25) is 14.4 Å². The lowest BCUT2D eigenvalue weighted by atomic mass is 10.0. The molecule has 0 spiro atoms. The Morgan fingerprint density at radius 3 is 2.43 bits per heavy atom. The predicted octanol–water partition coefficient (Wildman–Crippen LogP) is 2.34. The van der Waals surface area contributed by atoms with Crippen LogP contribution in [0.2, 0.25) is 10.0 Å². The molecule has 0 heterocycles. The monoisotopic (exact) mass is 360 g/mol. The second kappa shape index (κ2) is 8.74. The minimum atomic E-state index is -1.00. The molecule has 2 amide bonds. The van der Waals surface area contributed by atoms with Crippen molar-refractivity contribution in [2.45, 2.75) is 26.3 Å². The maximum absolute atomic E-state index is 12.0. The summed E-state index contributed by atoms with van der Waals surface area (Å²) in [7, 11) is 0. The Morgan fingerprint density at radius 2 is 1.87 bits per heavy atom. The van der Waals surface area contributed by atoms with Crippen molar-refractivity contribution in [1.82, 2.24) is 10.6 Å². The summed E-state index contributed by atoms with van der Waals surface area (Å²) in [5.41, 5.74) is 0.165. The SMILES string of the molecule is CC(C)[C@@H](CC(=O)O)NC(=O)CNC(=O)c1cc(Cl)ccc1Cl. The molecule has 8 heteroatoms. The number of carbonyl (C=O) groups is 3. The normalized spacial score (nSPS) is 11.9. The quantitative estimate of drug-likeness (QED) is 0.695. The molecular weight excluding hydrogens is 343 g/mol. The highest BCUT2D eigenvalue weighted by atomic mass is 35.5. The first-order valence-corrected chi connectivity index (χ1v) is 7.70. The van der Waals surface area contributed by atoms with Crippen LogP contribution < -0.4 is 10.6 Å². The molecule has 0 aliphatic carbocycles. The second-order valence-corrected chi connectivity index (χ2v) is 6.17. The number of rotatable bonds is 7. The Morgan fingerprint density at radius 1 is 1.22 bits per heavy atom. The van der Waals surface area contributed by atoms with Gasteiger partial charge in [0.05, 0.1) is 23.6 Å². The minimum Gasteiger partial charge on any atom is -0.481 e. The number of carboxylic acids is 1. The number of amides is 2. The first-order chi connectivity index (χ1) is 10.7. The van der Waals surface area contributed by atoms with Gasteiger partial charge in [-0.1, -0.05) is 37.0 Å². The van der Waals surface area contributed by atoms with Gasteiger partial charge in [0.15, 0.2) is 0 Å². The average molecular weight is 361 g/mol. The van der Waals surface area contributed by atoms with Gasteiger partial charge in [0.25, 0.3) is 5.91 Å². The van der Waals surface area contributed by atoms with Gasteiger partial charge in [-0.15, -0.1) is 0 Å². The van der Waals surface area contributed by atoms with Crippen LogP contribution in [0.15, 0.2) is 18.2 Å². The lowest BCUT2D eigenvalue weighted by Crippen LogP contribution is -2.45. The molecule has 0 unspecified atom stereocenters. The van der Waals surface area contributed by atoms with Gasteiger partial charge in [-0.05, 0) is 24.1 Å². The van der Waals surface area contributed by atoms with Crippen molar-refractivity contribution in [2.24, 2.45) is 5.92 Å². The lowest BCUT2D eigenvalue weighted by molar-refractivity contribution is -0.138. The smallest absolute Gasteiger partial charge is 0.305 e. The predicted molar refractivity (Wildman–Crippen MR) is 87.8 cm³/mol. The molecule has 0 aromatic heterocycles. The van der Waals surface area contributed by atoms with Crippen molar-refractivity contribution >= 4 is 41.0 Å². The highest BCUT2D eigenvalue weighted by Crippen LogP contribution is 2.20. The Bertz CT molecular complexity index is 605. The number of hydrogen-bond acceptors (Lipinski definition) is 3. The molecule has 0 saturated carbocycles. The van der Waals surface area contributed by atoms with E-state index in [0.717, 1.165) is 0 Å². The topological polar surface area (TPSA) is 95.5 Å². The molecule has 0 saturated heterocycles. The number of halogens is 2. The van der Waals surface area contributed by atoms with Gasteiger partial charge in [0, 0.05) is 11.1 Å². The number of benzene rings is 1. The molecule has 126 valence electrons. The lowest BCUT2D eigenvalue weighted by Gasteiger charge is -2.20. The van der Waals surface area contributed by atoms with E-state index in [-0.39, 0.29) is 29.5 Å². The standard InChI is InChI=1S/C15H18Cl2N2O4/c1-8(2)12(6-14(21)22)19-13(20)7-18-15(23)10-5-9(16)3-4-11(10)17/h3-5,8,12H,6-7H2,1-2H3,(H,18,23)(H,19,20)(H,21,22)/t12-/m1/s1. The zero-order chi connectivity index (χ0) is 17.6. The van der Waals surface area contributed by atoms with Crippen LogP contribution in [0.1, 0.15) is 30.6 Å². The Kier molecular flexibility index (Phi) is 7.32. The van der Waals surface area contributed by atoms with Gasteiger partial charge >= 0.3 is 5.97 Å². The molecule has 1 rings (SSSR count). The molecule has 0 radical (unpaired) electrons. The number of nitrogens with one attached hydrogen (secondary N) is 2. The summed E-state index contributed by atoms with van der Waals surface area (Å²) in [6, 6.07) is 3.93. The van der Waals surface area contributed by atoms with Crippen LogP contribution in [0.25, 0.3) is 0 Å². The summed E-state index contributed by atoms with van der Waals surface area (Å²) in [6.45, 7) is 3.32. The van der Waals surface area contributed by atoms with E-state index in [9.17, 15) is 14.4 Å². The summed E-state index contributed by atoms with van der Waals surface area (Å²) in [5, 5.41) is 14.4. The molecule has 1 aromatic carbocycles. The number of carbonyl (C=O) groups excluding carboxylic acids is 2. The second-order valence-electron chi connectivity index (χ2n) is 5.32. The van der Waals surface area contributed by atoms with Crippen LogP contribution in [0.3, 0.4) is 0 Å². The van der Waals surface area contributed by atoms with Crippen LogP contribution in [-0.4, -0.2) is 35.5 Å². The third kappa shape index (κ3) is 6.46. The summed E-state index contributed by atoms with van der Waals surface area (Å²) < 4.78 is 0. The summed E-state index contributed by atoms with van der Waals surface area (Å²) in [6.07, 6.45) is -0.183. The fourth-order valence-electron chi connectivity index (χ4n) is 1.83. The number of hydrogen-bond donors (Lipinski definition) is 3. The Balaban J connectivity index is 2.59. The van der Waals surface area contributed by atoms with E-state index in [0.29, 0.717) is 5.02 Å². The third-order valence-electron chi connectivity index (χ3n) is 3.13. The zero-order valence-corrected chi connectivity index (χ0v) is 14.2. The fourth-order valence-corrected chi connectivity index (χ4v) is 2.20. The van der Waals surface area contributed by atoms with Crippen molar-refractivity contribution in [2.75, 3.05) is 6.54 Å². The minimum absolute atomic E-state index is 0.0480. The fraction of sp³-hybridized carbons (Fsp3) is 0.400. The van der Waals surface area contributed by atoms with Crippen molar-refractivity contribution < 1.29 is 19.5 Å². The van der Waals surface area contributed by atoms with E-state index in [4.69, 9.17) is 28.3 Å². The van der Waals surface area contributed by atoms with E-state index < -0.39 is 23.8 Å². The molecule has 23 heavy (non-hydrogen) atoms. The zero-order valence-electron chi connectivity index (χ0n) is 12.7. The molecule has 1 aromatic rings. The molecular formula is C15H18Cl2N2O4. The maximum Gasteiger partial charge on any atom is 0.305 e.